The van der Waals surface area contributed by atoms with Gasteiger partial charge in [0, 0.05) is 39.4 Å². The first kappa shape index (κ1) is 25.6. The van der Waals surface area contributed by atoms with Gasteiger partial charge in [0.25, 0.3) is 11.8 Å². The molecule has 3 aliphatic heterocycles. The average molecular weight is 572 g/mol. The summed E-state index contributed by atoms with van der Waals surface area (Å²) < 4.78 is 0. The van der Waals surface area contributed by atoms with E-state index in [-0.39, 0.29) is 5.02 Å². The van der Waals surface area contributed by atoms with E-state index < -0.39 is 41.1 Å². The zero-order valence-electron chi connectivity index (χ0n) is 19.3. The van der Waals surface area contributed by atoms with E-state index in [1.807, 2.05) is 4.90 Å². The van der Waals surface area contributed by atoms with E-state index in [9.17, 15) is 14.4 Å². The predicted octanol–water partition coefficient (Wildman–Crippen LogP) is 4.82. The van der Waals surface area contributed by atoms with Crippen LogP contribution < -0.4 is 10.6 Å². The number of hydroxylamine groups is 2. The van der Waals surface area contributed by atoms with Gasteiger partial charge < -0.3 is 10.6 Å². The number of amides is 3. The van der Waals surface area contributed by atoms with E-state index in [0.29, 0.717) is 45.0 Å². The fourth-order valence-electron chi connectivity index (χ4n) is 5.99. The molecule has 5 rings (SSSR count). The Morgan fingerprint density at radius 1 is 1.11 bits per heavy atom. The molecule has 3 aliphatic rings. The van der Waals surface area contributed by atoms with E-state index in [4.69, 9.17) is 51.2 Å². The molecule has 1 unspecified atom stereocenters. The van der Waals surface area contributed by atoms with Gasteiger partial charge in [-0.25, -0.2) is 5.06 Å². The zero-order chi connectivity index (χ0) is 25.9. The molecule has 0 radical (unpaired) electrons. The summed E-state index contributed by atoms with van der Waals surface area (Å²) in [6, 6.07) is 7.46. The Balaban J connectivity index is 1.68. The van der Waals surface area contributed by atoms with Crippen LogP contribution >= 0.6 is 46.4 Å². The van der Waals surface area contributed by atoms with Crippen molar-refractivity contribution in [1.29, 1.82) is 0 Å². The van der Waals surface area contributed by atoms with Crippen molar-refractivity contribution < 1.29 is 19.2 Å². The van der Waals surface area contributed by atoms with Crippen LogP contribution in [0.5, 0.6) is 0 Å². The van der Waals surface area contributed by atoms with Gasteiger partial charge in [0.05, 0.1) is 29.7 Å². The van der Waals surface area contributed by atoms with Gasteiger partial charge in [0.1, 0.15) is 5.54 Å². The van der Waals surface area contributed by atoms with Gasteiger partial charge in [-0.2, -0.15) is 0 Å². The quantitative estimate of drug-likeness (QED) is 0.514. The molecule has 0 aliphatic carbocycles. The van der Waals surface area contributed by atoms with E-state index in [0.717, 1.165) is 11.5 Å². The molecular formula is C24H22Cl4N4O4. The molecule has 0 saturated carbocycles. The minimum absolute atomic E-state index is 0.256. The summed E-state index contributed by atoms with van der Waals surface area (Å²) in [6.07, 6.45) is 1.37. The summed E-state index contributed by atoms with van der Waals surface area (Å²) >= 11 is 25.1. The number of nitrogens with zero attached hydrogens (tertiary/aromatic N) is 2. The van der Waals surface area contributed by atoms with Crippen LogP contribution in [-0.2, 0) is 24.8 Å². The van der Waals surface area contributed by atoms with Gasteiger partial charge in [-0.05, 0) is 49.7 Å². The zero-order valence-corrected chi connectivity index (χ0v) is 22.3. The largest absolute Gasteiger partial charge is 0.326 e. The second-order valence-electron chi connectivity index (χ2n) is 9.10. The number of anilines is 2. The Kier molecular flexibility index (Phi) is 6.64. The summed E-state index contributed by atoms with van der Waals surface area (Å²) in [5, 5.41) is 8.03. The Labute approximate surface area is 227 Å². The molecule has 2 fully saturated rings. The number of rotatable bonds is 4. The first-order valence-corrected chi connectivity index (χ1v) is 12.8. The minimum Gasteiger partial charge on any atom is -0.326 e. The summed E-state index contributed by atoms with van der Waals surface area (Å²) in [6.45, 7) is 0.509. The normalized spacial score (nSPS) is 26.6. The lowest BCUT2D eigenvalue weighted by Crippen LogP contribution is -2.55. The molecule has 0 bridgehead atoms. The summed E-state index contributed by atoms with van der Waals surface area (Å²) in [5.74, 6) is -3.41. The highest BCUT2D eigenvalue weighted by molar-refractivity contribution is 6.38. The lowest BCUT2D eigenvalue weighted by molar-refractivity contribution is -0.179. The van der Waals surface area contributed by atoms with E-state index >= 15 is 0 Å². The van der Waals surface area contributed by atoms with Crippen molar-refractivity contribution >= 4 is 75.5 Å². The highest BCUT2D eigenvalue weighted by Crippen LogP contribution is 2.59. The molecular weight excluding hydrogens is 550 g/mol. The number of fused-ring (bicyclic) bond motifs is 4. The van der Waals surface area contributed by atoms with Gasteiger partial charge in [-0.15, -0.1) is 0 Å². The molecule has 2 saturated heterocycles. The van der Waals surface area contributed by atoms with Crippen molar-refractivity contribution in [2.45, 2.75) is 24.4 Å². The van der Waals surface area contributed by atoms with Gasteiger partial charge in [-0.1, -0.05) is 46.4 Å². The fourth-order valence-corrected chi connectivity index (χ4v) is 7.05. The molecule has 0 aromatic heterocycles. The second-order valence-corrected chi connectivity index (χ2v) is 10.8. The van der Waals surface area contributed by atoms with Crippen LogP contribution in [0.25, 0.3) is 0 Å². The van der Waals surface area contributed by atoms with Crippen molar-refractivity contribution in [3.05, 3.63) is 56.0 Å². The van der Waals surface area contributed by atoms with E-state index in [1.165, 1.54) is 20.2 Å². The number of carbonyl (C=O) groups excluding carboxylic acids is 3. The third-order valence-electron chi connectivity index (χ3n) is 7.31. The van der Waals surface area contributed by atoms with Gasteiger partial charge in [0.2, 0.25) is 5.91 Å². The monoisotopic (exact) mass is 570 g/mol. The van der Waals surface area contributed by atoms with Crippen LogP contribution in [0.2, 0.25) is 20.1 Å². The fraction of sp³-hybridized carbons (Fsp3) is 0.375. The van der Waals surface area contributed by atoms with Crippen LogP contribution in [0, 0.1) is 11.8 Å². The maximum atomic E-state index is 13.9. The van der Waals surface area contributed by atoms with Crippen LogP contribution in [0.15, 0.2) is 30.3 Å². The number of hydrogen-bond acceptors (Lipinski definition) is 5. The average Bonchev–Trinajstić information content (AvgIpc) is 3.46. The molecule has 1 spiro atoms. The maximum absolute atomic E-state index is 13.9. The van der Waals surface area contributed by atoms with E-state index in [1.54, 1.807) is 24.3 Å². The molecule has 36 heavy (non-hydrogen) atoms. The SMILES string of the molecule is CON(C)C(=O)[C@H]1[C@@H](C(=O)Nc2cc(Cl)cc(Cl)c2)[C@H]2CCCN2C12C(=O)Nc1c(Cl)cc(Cl)cc12. The first-order valence-electron chi connectivity index (χ1n) is 11.3. The number of benzene rings is 2. The van der Waals surface area contributed by atoms with E-state index in [2.05, 4.69) is 10.6 Å². The highest BCUT2D eigenvalue weighted by atomic mass is 35.5. The molecule has 3 heterocycles. The summed E-state index contributed by atoms with van der Waals surface area (Å²) in [5.41, 5.74) is -0.252. The third kappa shape index (κ3) is 3.78. The summed E-state index contributed by atoms with van der Waals surface area (Å²) in [4.78, 5) is 48.8. The number of carbonyl (C=O) groups is 3. The van der Waals surface area contributed by atoms with Gasteiger partial charge in [0.15, 0.2) is 0 Å². The third-order valence-corrected chi connectivity index (χ3v) is 8.26. The second kappa shape index (κ2) is 9.35. The van der Waals surface area contributed by atoms with Crippen LogP contribution in [0.1, 0.15) is 18.4 Å². The van der Waals surface area contributed by atoms with Crippen LogP contribution in [-0.4, -0.2) is 54.4 Å². The Morgan fingerprint density at radius 3 is 2.44 bits per heavy atom. The lowest BCUT2D eigenvalue weighted by atomic mass is 9.73. The highest BCUT2D eigenvalue weighted by Gasteiger charge is 2.71. The molecule has 8 nitrogen and oxygen atoms in total. The van der Waals surface area contributed by atoms with Crippen molar-refractivity contribution in [2.24, 2.45) is 11.8 Å². The van der Waals surface area contributed by atoms with Gasteiger partial charge >= 0.3 is 0 Å². The molecule has 3 amide bonds. The van der Waals surface area contributed by atoms with Crippen LogP contribution in [0.4, 0.5) is 11.4 Å². The molecule has 12 heteroatoms. The lowest BCUT2D eigenvalue weighted by Gasteiger charge is -2.37. The molecule has 190 valence electrons. The predicted molar refractivity (Wildman–Crippen MR) is 138 cm³/mol. The Morgan fingerprint density at radius 2 is 1.78 bits per heavy atom. The first-order chi connectivity index (χ1) is 17.1. The molecule has 2 aromatic rings. The van der Waals surface area contributed by atoms with Crippen molar-refractivity contribution in [3.8, 4) is 0 Å². The number of hydrogen-bond donors (Lipinski definition) is 2. The van der Waals surface area contributed by atoms with Crippen molar-refractivity contribution in [2.75, 3.05) is 31.3 Å². The number of halogens is 4. The summed E-state index contributed by atoms with van der Waals surface area (Å²) in [7, 11) is 2.80. The van der Waals surface area contributed by atoms with Gasteiger partial charge in [-0.3, -0.25) is 24.1 Å². The van der Waals surface area contributed by atoms with Crippen molar-refractivity contribution in [3.63, 3.8) is 0 Å². The molecule has 2 aromatic carbocycles. The molecule has 2 N–H and O–H groups in total. The van der Waals surface area contributed by atoms with Crippen LogP contribution in [0.3, 0.4) is 0 Å². The minimum atomic E-state index is -1.50. The molecule has 4 atom stereocenters. The Hall–Kier alpha value is -2.07. The van der Waals surface area contributed by atoms with Crippen molar-refractivity contribution in [1.82, 2.24) is 9.96 Å². The maximum Gasteiger partial charge on any atom is 0.252 e. The standard InChI is InChI=1S/C24H22Cl4N4O4/c1-31(36-2)22(34)19-18(21(33)29-14-7-11(25)6-12(26)8-14)17-4-3-5-32(17)24(19)15-9-13(27)10-16(28)20(15)30-23(24)35/h6-10,17-19H,3-5H2,1-2H3,(H,29,33)(H,30,35)/t17-,18+,19-,24?/m1/s1. The topological polar surface area (TPSA) is 91.0 Å². The Bertz CT molecular complexity index is 1270. The smallest absolute Gasteiger partial charge is 0.252 e. The number of nitrogens with one attached hydrogen (secondary N) is 2.